The summed E-state index contributed by atoms with van der Waals surface area (Å²) in [6, 6.07) is 1.46. The average molecular weight is 320 g/mol. The minimum absolute atomic E-state index is 0.0739. The molecule has 1 aliphatic rings. The summed E-state index contributed by atoms with van der Waals surface area (Å²) >= 11 is 1.61. The number of carbonyl (C=O) groups excluding carboxylic acids is 1. The third kappa shape index (κ3) is 3.51. The lowest BCUT2D eigenvalue weighted by molar-refractivity contribution is 0.0944. The number of rotatable bonds is 4. The van der Waals surface area contributed by atoms with Crippen molar-refractivity contribution < 1.29 is 17.7 Å². The number of amides is 1. The molecule has 0 aromatic carbocycles. The molecular formula is C10H16N4O4S2. The van der Waals surface area contributed by atoms with Crippen LogP contribution in [-0.4, -0.2) is 54.1 Å². The fourth-order valence-electron chi connectivity index (χ4n) is 1.96. The lowest BCUT2D eigenvalue weighted by atomic mass is 10.3. The summed E-state index contributed by atoms with van der Waals surface area (Å²) in [7, 11) is -3.17. The highest BCUT2D eigenvalue weighted by molar-refractivity contribution is 8.00. The topological polar surface area (TPSA) is 119 Å². The number of hydrogen-bond donors (Lipinski definition) is 2. The molecule has 1 amide bonds. The highest BCUT2D eigenvalue weighted by atomic mass is 32.2. The Labute approximate surface area is 120 Å². The lowest BCUT2D eigenvalue weighted by Crippen LogP contribution is -2.46. The molecule has 8 nitrogen and oxygen atoms in total. The molecule has 112 valence electrons. The first-order valence-corrected chi connectivity index (χ1v) is 9.00. The lowest BCUT2D eigenvalue weighted by Gasteiger charge is -2.32. The van der Waals surface area contributed by atoms with Crippen molar-refractivity contribution in [1.82, 2.24) is 15.5 Å². The van der Waals surface area contributed by atoms with Gasteiger partial charge in [0.2, 0.25) is 0 Å². The molecule has 1 aliphatic heterocycles. The number of carbonyl (C=O) groups is 1. The zero-order valence-corrected chi connectivity index (χ0v) is 12.5. The molecule has 1 unspecified atom stereocenters. The molecule has 0 saturated carbocycles. The van der Waals surface area contributed by atoms with E-state index in [0.717, 1.165) is 5.75 Å². The first kappa shape index (κ1) is 15.3. The Morgan fingerprint density at radius 1 is 1.70 bits per heavy atom. The monoisotopic (exact) mass is 320 g/mol. The van der Waals surface area contributed by atoms with Gasteiger partial charge in [0.05, 0.1) is 6.54 Å². The van der Waals surface area contributed by atoms with E-state index in [2.05, 4.69) is 5.16 Å². The summed E-state index contributed by atoms with van der Waals surface area (Å²) in [5.41, 5.74) is 2.03. The second-order valence-corrected chi connectivity index (χ2v) is 7.83. The van der Waals surface area contributed by atoms with Crippen LogP contribution in [0.5, 0.6) is 0 Å². The van der Waals surface area contributed by atoms with Crippen LogP contribution in [0.1, 0.15) is 16.2 Å². The Kier molecular flexibility index (Phi) is 4.68. The summed E-state index contributed by atoms with van der Waals surface area (Å²) in [6.07, 6.45) is 1.23. The number of nitrogens with one attached hydrogen (secondary N) is 1. The van der Waals surface area contributed by atoms with E-state index < -0.39 is 21.1 Å². The fourth-order valence-corrected chi connectivity index (χ4v) is 4.90. The van der Waals surface area contributed by atoms with Crippen LogP contribution < -0.4 is 11.3 Å². The predicted molar refractivity (Wildman–Crippen MR) is 74.5 cm³/mol. The van der Waals surface area contributed by atoms with Crippen molar-refractivity contribution in [2.24, 2.45) is 5.84 Å². The highest BCUT2D eigenvalue weighted by Crippen LogP contribution is 2.22. The zero-order chi connectivity index (χ0) is 14.8. The van der Waals surface area contributed by atoms with Gasteiger partial charge in [-0.3, -0.25) is 15.1 Å². The Hall–Kier alpha value is -1.10. The minimum Gasteiger partial charge on any atom is -0.359 e. The molecular weight excluding hydrogens is 304 g/mol. The Bertz CT molecular complexity index is 586. The smallest absolute Gasteiger partial charge is 0.287 e. The van der Waals surface area contributed by atoms with Crippen molar-refractivity contribution in [2.75, 3.05) is 24.3 Å². The number of hydrazine groups is 1. The van der Waals surface area contributed by atoms with Gasteiger partial charge in [0.15, 0.2) is 21.3 Å². The molecule has 1 aromatic heterocycles. The minimum atomic E-state index is -3.17. The van der Waals surface area contributed by atoms with Crippen LogP contribution in [0.25, 0.3) is 0 Å². The van der Waals surface area contributed by atoms with Gasteiger partial charge in [-0.25, -0.2) is 14.3 Å². The van der Waals surface area contributed by atoms with Crippen LogP contribution >= 0.6 is 11.8 Å². The maximum absolute atomic E-state index is 11.8. The molecule has 1 fully saturated rings. The molecule has 0 bridgehead atoms. The normalized spacial score (nSPS) is 20.8. The largest absolute Gasteiger partial charge is 0.359 e. The van der Waals surface area contributed by atoms with Gasteiger partial charge in [-0.15, -0.1) is 0 Å². The van der Waals surface area contributed by atoms with E-state index in [0.29, 0.717) is 24.6 Å². The van der Waals surface area contributed by atoms with Gasteiger partial charge in [0, 0.05) is 30.4 Å². The van der Waals surface area contributed by atoms with E-state index in [9.17, 15) is 13.2 Å². The standard InChI is InChI=1S/C10H16N4O4S2/c1-20(16,17)9-6-19-3-2-14(9)5-7-4-8(13-18-7)10(15)12-11/h4,9H,2-3,5-6,11H2,1H3,(H,12,15). The van der Waals surface area contributed by atoms with Crippen molar-refractivity contribution >= 4 is 27.5 Å². The summed E-state index contributed by atoms with van der Waals surface area (Å²) in [4.78, 5) is 13.1. The van der Waals surface area contributed by atoms with Crippen LogP contribution in [0, 0.1) is 0 Å². The molecule has 0 aliphatic carbocycles. The van der Waals surface area contributed by atoms with Gasteiger partial charge >= 0.3 is 0 Å². The number of thioether (sulfide) groups is 1. The molecule has 3 N–H and O–H groups in total. The zero-order valence-electron chi connectivity index (χ0n) is 10.9. The number of nitrogen functional groups attached to an aromatic ring is 1. The van der Waals surface area contributed by atoms with Crippen molar-refractivity contribution in [1.29, 1.82) is 0 Å². The van der Waals surface area contributed by atoms with Gasteiger partial charge in [-0.2, -0.15) is 11.8 Å². The van der Waals surface area contributed by atoms with Crippen LogP contribution in [0.2, 0.25) is 0 Å². The highest BCUT2D eigenvalue weighted by Gasteiger charge is 2.31. The van der Waals surface area contributed by atoms with Gasteiger partial charge in [-0.1, -0.05) is 5.16 Å². The van der Waals surface area contributed by atoms with Gasteiger partial charge in [0.1, 0.15) is 5.37 Å². The van der Waals surface area contributed by atoms with Crippen molar-refractivity contribution in [3.8, 4) is 0 Å². The van der Waals surface area contributed by atoms with Gasteiger partial charge < -0.3 is 4.52 Å². The molecule has 0 spiro atoms. The van der Waals surface area contributed by atoms with Crippen LogP contribution in [0.4, 0.5) is 0 Å². The van der Waals surface area contributed by atoms with Crippen LogP contribution in [0.3, 0.4) is 0 Å². The van der Waals surface area contributed by atoms with Crippen molar-refractivity contribution in [3.05, 3.63) is 17.5 Å². The van der Waals surface area contributed by atoms with Crippen LogP contribution in [0.15, 0.2) is 10.6 Å². The molecule has 0 radical (unpaired) electrons. The van der Waals surface area contributed by atoms with E-state index in [4.69, 9.17) is 10.4 Å². The molecule has 1 atom stereocenters. The van der Waals surface area contributed by atoms with E-state index in [-0.39, 0.29) is 5.69 Å². The Morgan fingerprint density at radius 2 is 2.45 bits per heavy atom. The summed E-state index contributed by atoms with van der Waals surface area (Å²) in [6.45, 7) is 0.935. The van der Waals surface area contributed by atoms with Crippen LogP contribution in [-0.2, 0) is 16.4 Å². The molecule has 10 heteroatoms. The summed E-state index contributed by atoms with van der Waals surface area (Å²) in [5.74, 6) is 6.28. The first-order valence-electron chi connectivity index (χ1n) is 5.89. The van der Waals surface area contributed by atoms with Crippen molar-refractivity contribution in [2.45, 2.75) is 11.9 Å². The second kappa shape index (κ2) is 6.12. The maximum Gasteiger partial charge on any atom is 0.287 e. The summed E-state index contributed by atoms with van der Waals surface area (Å²) < 4.78 is 28.6. The van der Waals surface area contributed by atoms with Gasteiger partial charge in [0.25, 0.3) is 5.91 Å². The number of sulfone groups is 1. The van der Waals surface area contributed by atoms with E-state index in [1.54, 1.807) is 11.8 Å². The van der Waals surface area contributed by atoms with E-state index in [1.165, 1.54) is 12.3 Å². The molecule has 20 heavy (non-hydrogen) atoms. The van der Waals surface area contributed by atoms with E-state index in [1.807, 2.05) is 10.3 Å². The van der Waals surface area contributed by atoms with E-state index >= 15 is 0 Å². The molecule has 1 aromatic rings. The number of nitrogens with two attached hydrogens (primary N) is 1. The van der Waals surface area contributed by atoms with Crippen molar-refractivity contribution in [3.63, 3.8) is 0 Å². The maximum atomic E-state index is 11.8. The second-order valence-electron chi connectivity index (χ2n) is 4.48. The third-order valence-corrected chi connectivity index (χ3v) is 5.65. The molecule has 2 rings (SSSR count). The average Bonchev–Trinajstić information content (AvgIpc) is 2.86. The Balaban J connectivity index is 2.11. The quantitative estimate of drug-likeness (QED) is 0.420. The van der Waals surface area contributed by atoms with Gasteiger partial charge in [-0.05, 0) is 0 Å². The molecule has 1 saturated heterocycles. The SMILES string of the molecule is CS(=O)(=O)C1CSCCN1Cc1cc(C(=O)NN)no1. The predicted octanol–water partition coefficient (Wildman–Crippen LogP) is -0.802. The molecule has 2 heterocycles. The number of nitrogens with zero attached hydrogens (tertiary/aromatic N) is 2. The first-order chi connectivity index (χ1) is 9.41. The Morgan fingerprint density at radius 3 is 3.10 bits per heavy atom. The number of hydrogen-bond acceptors (Lipinski definition) is 8. The fraction of sp³-hybridized carbons (Fsp3) is 0.600. The summed E-state index contributed by atoms with van der Waals surface area (Å²) in [5, 5.41) is 3.05. The number of aromatic nitrogens is 1. The third-order valence-electron chi connectivity index (χ3n) is 2.97.